The number of aliphatic carboxylic acids is 1. The van der Waals surface area contributed by atoms with Crippen LogP contribution in [0.3, 0.4) is 0 Å². The van der Waals surface area contributed by atoms with Crippen molar-refractivity contribution in [2.75, 3.05) is 13.1 Å². The van der Waals surface area contributed by atoms with Gasteiger partial charge in [0.25, 0.3) is 0 Å². The van der Waals surface area contributed by atoms with Gasteiger partial charge in [0.1, 0.15) is 5.54 Å². The maximum atomic E-state index is 11.7. The predicted octanol–water partition coefficient (Wildman–Crippen LogP) is 2.20. The summed E-state index contributed by atoms with van der Waals surface area (Å²) in [5.74, 6) is -0.874. The van der Waals surface area contributed by atoms with E-state index in [0.29, 0.717) is 13.0 Å². The van der Waals surface area contributed by atoms with E-state index in [9.17, 15) is 9.90 Å². The minimum atomic E-state index is -1.06. The van der Waals surface area contributed by atoms with Crippen LogP contribution in [0.2, 0.25) is 0 Å². The Hall–Kier alpha value is -2.04. The normalized spacial score (nSPS) is 21.3. The first-order chi connectivity index (χ1) is 9.20. The average Bonchev–Trinajstić information content (AvgIpc) is 2.43. The van der Waals surface area contributed by atoms with Crippen LogP contribution in [-0.2, 0) is 16.8 Å². The van der Waals surface area contributed by atoms with Gasteiger partial charge in [-0.1, -0.05) is 29.4 Å². The van der Waals surface area contributed by atoms with Gasteiger partial charge in [-0.05, 0) is 35.9 Å². The highest BCUT2D eigenvalue weighted by Crippen LogP contribution is 2.35. The maximum absolute atomic E-state index is 11.7. The molecule has 0 aliphatic heterocycles. The lowest BCUT2D eigenvalue weighted by atomic mass is 9.76. The number of nitrogens with zero attached hydrogens (tertiary/aromatic N) is 3. The van der Waals surface area contributed by atoms with Crippen LogP contribution in [0.4, 0.5) is 0 Å². The van der Waals surface area contributed by atoms with Gasteiger partial charge in [-0.25, -0.2) is 4.79 Å². The minimum absolute atomic E-state index is 0.244. The smallest absolute Gasteiger partial charge is 0.328 e. The highest BCUT2D eigenvalue weighted by molar-refractivity contribution is 5.81. The maximum Gasteiger partial charge on any atom is 0.328 e. The fraction of sp³-hybridized carbons (Fsp3) is 0.462. The summed E-state index contributed by atoms with van der Waals surface area (Å²) >= 11 is 0. The second-order valence-corrected chi connectivity index (χ2v) is 4.60. The number of rotatable bonds is 5. The highest BCUT2D eigenvalue weighted by Gasteiger charge is 2.42. The number of carbonyl (C=O) groups is 1. The summed E-state index contributed by atoms with van der Waals surface area (Å²) < 4.78 is 0. The first-order valence-corrected chi connectivity index (χ1v) is 6.28. The third-order valence-electron chi connectivity index (χ3n) is 3.54. The third-order valence-corrected chi connectivity index (χ3v) is 3.54. The minimum Gasteiger partial charge on any atom is -0.480 e. The number of aryl methyl sites for hydroxylation is 1. The monoisotopic (exact) mass is 260 g/mol. The van der Waals surface area contributed by atoms with E-state index in [1.54, 1.807) is 0 Å². The van der Waals surface area contributed by atoms with Crippen LogP contribution >= 0.6 is 0 Å². The number of fused-ring (bicyclic) bond motifs is 1. The molecule has 0 saturated carbocycles. The highest BCUT2D eigenvalue weighted by atomic mass is 16.4. The molecule has 1 atom stereocenters. The summed E-state index contributed by atoms with van der Waals surface area (Å²) in [6.45, 7) is 0.596. The molecule has 2 rings (SSSR count). The van der Waals surface area contributed by atoms with Gasteiger partial charge < -0.3 is 5.11 Å². The lowest BCUT2D eigenvalue weighted by molar-refractivity contribution is -0.146. The predicted molar refractivity (Wildman–Crippen MR) is 70.7 cm³/mol. The summed E-state index contributed by atoms with van der Waals surface area (Å²) in [5, 5.41) is 16.1. The molecule has 0 saturated heterocycles. The number of hydrogen-bond donors (Lipinski definition) is 2. The molecule has 0 fully saturated rings. The molecule has 6 heteroatoms. The number of carboxylic acids is 1. The average molecular weight is 260 g/mol. The molecule has 0 heterocycles. The molecule has 0 aromatic heterocycles. The van der Waals surface area contributed by atoms with E-state index >= 15 is 0 Å². The second-order valence-electron chi connectivity index (χ2n) is 4.60. The summed E-state index contributed by atoms with van der Waals surface area (Å²) in [7, 11) is 0. The molecule has 1 aliphatic carbocycles. The van der Waals surface area contributed by atoms with Gasteiger partial charge in [0.05, 0.1) is 0 Å². The topological polar surface area (TPSA) is 98.1 Å². The van der Waals surface area contributed by atoms with E-state index in [2.05, 4.69) is 15.3 Å². The Labute approximate surface area is 111 Å². The van der Waals surface area contributed by atoms with Crippen molar-refractivity contribution in [1.29, 1.82) is 0 Å². The van der Waals surface area contributed by atoms with Crippen molar-refractivity contribution in [3.05, 3.63) is 45.8 Å². The fourth-order valence-corrected chi connectivity index (χ4v) is 2.68. The van der Waals surface area contributed by atoms with Gasteiger partial charge in [-0.2, -0.15) is 0 Å². The van der Waals surface area contributed by atoms with Crippen LogP contribution in [0, 0.1) is 0 Å². The van der Waals surface area contributed by atoms with E-state index in [0.717, 1.165) is 24.0 Å². The van der Waals surface area contributed by atoms with Gasteiger partial charge in [-0.3, -0.25) is 5.32 Å². The molecule has 19 heavy (non-hydrogen) atoms. The van der Waals surface area contributed by atoms with Gasteiger partial charge in [0.2, 0.25) is 0 Å². The molecule has 1 unspecified atom stereocenters. The van der Waals surface area contributed by atoms with Gasteiger partial charge in [-0.15, -0.1) is 0 Å². The number of hydrogen-bond acceptors (Lipinski definition) is 3. The van der Waals surface area contributed by atoms with Crippen molar-refractivity contribution < 1.29 is 9.90 Å². The molecule has 1 aromatic rings. The molecule has 0 spiro atoms. The van der Waals surface area contributed by atoms with Crippen molar-refractivity contribution in [1.82, 2.24) is 5.32 Å². The van der Waals surface area contributed by atoms with E-state index in [1.165, 1.54) is 0 Å². The van der Waals surface area contributed by atoms with Gasteiger partial charge in [0.15, 0.2) is 0 Å². The van der Waals surface area contributed by atoms with Crippen molar-refractivity contribution >= 4 is 5.97 Å². The summed E-state index contributed by atoms with van der Waals surface area (Å²) in [6, 6.07) is 7.62. The zero-order chi connectivity index (χ0) is 13.7. The molecule has 6 nitrogen and oxygen atoms in total. The van der Waals surface area contributed by atoms with Crippen LogP contribution in [0.1, 0.15) is 24.0 Å². The Morgan fingerprint density at radius 3 is 3.05 bits per heavy atom. The number of carboxylic acid groups (broad SMARTS) is 1. The zero-order valence-corrected chi connectivity index (χ0v) is 10.5. The van der Waals surface area contributed by atoms with Crippen molar-refractivity contribution in [2.24, 2.45) is 5.11 Å². The second kappa shape index (κ2) is 5.73. The standard InChI is InChI=1S/C13H16N4O2/c14-17-16-9-8-15-13(12(18)19)7-3-5-10-4-1-2-6-11(10)13/h1-2,4,6,15H,3,5,7-9H2,(H,18,19). The molecule has 1 aromatic carbocycles. The molecule has 100 valence electrons. The molecule has 0 radical (unpaired) electrons. The Kier molecular flexibility index (Phi) is 4.04. The number of benzene rings is 1. The van der Waals surface area contributed by atoms with Crippen LogP contribution in [-0.4, -0.2) is 24.2 Å². The van der Waals surface area contributed by atoms with Crippen LogP contribution in [0.25, 0.3) is 10.4 Å². The van der Waals surface area contributed by atoms with Gasteiger partial charge >= 0.3 is 5.97 Å². The lowest BCUT2D eigenvalue weighted by Crippen LogP contribution is -2.52. The Bertz CT molecular complexity index is 525. The first kappa shape index (κ1) is 13.4. The molecule has 2 N–H and O–H groups in total. The van der Waals surface area contributed by atoms with Gasteiger partial charge in [0, 0.05) is 18.0 Å². The SMILES string of the molecule is [N-]=[N+]=NCCNC1(C(=O)O)CCCc2ccccc21. The quantitative estimate of drug-likeness (QED) is 0.367. The third kappa shape index (κ3) is 2.54. The van der Waals surface area contributed by atoms with E-state index < -0.39 is 11.5 Å². The number of nitrogens with one attached hydrogen (secondary N) is 1. The molecule has 0 amide bonds. The molecular weight excluding hydrogens is 244 g/mol. The van der Waals surface area contributed by atoms with Crippen LogP contribution in [0.15, 0.2) is 29.4 Å². The largest absolute Gasteiger partial charge is 0.480 e. The number of azide groups is 1. The fourth-order valence-electron chi connectivity index (χ4n) is 2.68. The van der Waals surface area contributed by atoms with Crippen LogP contribution < -0.4 is 5.32 Å². The zero-order valence-electron chi connectivity index (χ0n) is 10.5. The first-order valence-electron chi connectivity index (χ1n) is 6.28. The lowest BCUT2D eigenvalue weighted by Gasteiger charge is -2.36. The summed E-state index contributed by atoms with van der Waals surface area (Å²) in [4.78, 5) is 14.4. The van der Waals surface area contributed by atoms with E-state index in [4.69, 9.17) is 5.53 Å². The molecular formula is C13H16N4O2. The van der Waals surface area contributed by atoms with Crippen molar-refractivity contribution in [3.63, 3.8) is 0 Å². The Morgan fingerprint density at radius 2 is 2.32 bits per heavy atom. The Balaban J connectivity index is 2.30. The Morgan fingerprint density at radius 1 is 1.53 bits per heavy atom. The van der Waals surface area contributed by atoms with E-state index in [1.807, 2.05) is 24.3 Å². The van der Waals surface area contributed by atoms with Crippen LogP contribution in [0.5, 0.6) is 0 Å². The molecule has 0 bridgehead atoms. The van der Waals surface area contributed by atoms with E-state index in [-0.39, 0.29) is 6.54 Å². The molecule has 1 aliphatic rings. The van der Waals surface area contributed by atoms with Crippen molar-refractivity contribution in [3.8, 4) is 0 Å². The van der Waals surface area contributed by atoms with Crippen molar-refractivity contribution in [2.45, 2.75) is 24.8 Å². The summed E-state index contributed by atoms with van der Waals surface area (Å²) in [6.07, 6.45) is 2.29. The summed E-state index contributed by atoms with van der Waals surface area (Å²) in [5.41, 5.74) is 9.10.